The van der Waals surface area contributed by atoms with Gasteiger partial charge < -0.3 is 10.6 Å². The Morgan fingerprint density at radius 3 is 2.78 bits per heavy atom. The number of benzene rings is 1. The van der Waals surface area contributed by atoms with Crippen LogP contribution in [0.1, 0.15) is 25.3 Å². The molecule has 2 N–H and O–H groups in total. The molecule has 3 rings (SSSR count). The van der Waals surface area contributed by atoms with Crippen molar-refractivity contribution in [3.05, 3.63) is 33.8 Å². The second-order valence-electron chi connectivity index (χ2n) is 5.17. The zero-order valence-electron chi connectivity index (χ0n) is 10.2. The van der Waals surface area contributed by atoms with Gasteiger partial charge in [0.05, 0.1) is 12.1 Å². The van der Waals surface area contributed by atoms with Crippen LogP contribution < -0.4 is 5.73 Å². The fraction of sp³-hybridized carbons (Fsp3) is 0.462. The van der Waals surface area contributed by atoms with E-state index in [1.54, 1.807) is 6.07 Å². The average Bonchev–Trinajstić information content (AvgIpc) is 3.10. The Morgan fingerprint density at radius 1 is 1.39 bits per heavy atom. The monoisotopic (exact) mass is 283 g/mol. The van der Waals surface area contributed by atoms with Crippen molar-refractivity contribution in [3.8, 4) is 0 Å². The van der Waals surface area contributed by atoms with E-state index in [1.165, 1.54) is 12.8 Å². The molecule has 2 aliphatic rings. The summed E-state index contributed by atoms with van der Waals surface area (Å²) in [4.78, 5) is 6.60. The van der Waals surface area contributed by atoms with Crippen LogP contribution >= 0.6 is 23.2 Å². The number of hydrogen-bond donors (Lipinski definition) is 1. The molecular formula is C13H15Cl2N3. The fourth-order valence-corrected chi connectivity index (χ4v) is 3.18. The first-order valence-electron chi connectivity index (χ1n) is 6.07. The molecule has 0 radical (unpaired) electrons. The highest BCUT2D eigenvalue weighted by Gasteiger charge is 2.47. The lowest BCUT2D eigenvalue weighted by Crippen LogP contribution is -2.48. The van der Waals surface area contributed by atoms with Crippen LogP contribution in [0.15, 0.2) is 23.2 Å². The van der Waals surface area contributed by atoms with Crippen LogP contribution in [0.2, 0.25) is 10.0 Å². The summed E-state index contributed by atoms with van der Waals surface area (Å²) in [7, 11) is 0. The van der Waals surface area contributed by atoms with Gasteiger partial charge in [-0.2, -0.15) is 0 Å². The molecule has 1 aliphatic carbocycles. The molecule has 1 unspecified atom stereocenters. The topological polar surface area (TPSA) is 41.6 Å². The molecule has 96 valence electrons. The zero-order chi connectivity index (χ0) is 12.9. The number of aliphatic imine (C=N–C) groups is 1. The molecule has 1 saturated carbocycles. The average molecular weight is 284 g/mol. The number of halogens is 2. The largest absolute Gasteiger partial charge is 0.370 e. The summed E-state index contributed by atoms with van der Waals surface area (Å²) >= 11 is 12.4. The molecule has 18 heavy (non-hydrogen) atoms. The van der Waals surface area contributed by atoms with Crippen molar-refractivity contribution in [2.24, 2.45) is 10.7 Å². The summed E-state index contributed by atoms with van der Waals surface area (Å²) in [6, 6.07) is 6.06. The van der Waals surface area contributed by atoms with Crippen molar-refractivity contribution in [3.63, 3.8) is 0 Å². The lowest BCUT2D eigenvalue weighted by molar-refractivity contribution is 0.216. The van der Waals surface area contributed by atoms with Crippen LogP contribution in [-0.2, 0) is 5.54 Å². The number of nitrogens with zero attached hydrogens (tertiary/aromatic N) is 2. The molecule has 3 nitrogen and oxygen atoms in total. The van der Waals surface area contributed by atoms with Crippen molar-refractivity contribution >= 4 is 29.2 Å². The molecule has 1 aliphatic heterocycles. The SMILES string of the molecule is CC1(c2cc(Cl)ccc2Cl)CN=C(N)N1C1CC1. The molecule has 0 aromatic heterocycles. The molecule has 1 aromatic carbocycles. The highest BCUT2D eigenvalue weighted by atomic mass is 35.5. The van der Waals surface area contributed by atoms with E-state index >= 15 is 0 Å². The van der Waals surface area contributed by atoms with Crippen LogP contribution in [0.4, 0.5) is 0 Å². The van der Waals surface area contributed by atoms with Crippen molar-refractivity contribution in [1.29, 1.82) is 0 Å². The Hall–Kier alpha value is -0.930. The quantitative estimate of drug-likeness (QED) is 0.907. The normalized spacial score (nSPS) is 27.5. The van der Waals surface area contributed by atoms with Crippen LogP contribution in [-0.4, -0.2) is 23.4 Å². The number of guanidine groups is 1. The number of hydrogen-bond acceptors (Lipinski definition) is 3. The number of nitrogens with two attached hydrogens (primary N) is 1. The predicted molar refractivity (Wildman–Crippen MR) is 75.2 cm³/mol. The highest BCUT2D eigenvalue weighted by Crippen LogP contribution is 2.43. The molecule has 1 fully saturated rings. The minimum atomic E-state index is -0.271. The maximum absolute atomic E-state index is 6.33. The Morgan fingerprint density at radius 2 is 2.11 bits per heavy atom. The molecular weight excluding hydrogens is 269 g/mol. The van der Waals surface area contributed by atoms with E-state index in [0.717, 1.165) is 10.6 Å². The summed E-state index contributed by atoms with van der Waals surface area (Å²) in [5, 5.41) is 1.41. The first kappa shape index (κ1) is 12.1. The second kappa shape index (κ2) is 4.04. The minimum absolute atomic E-state index is 0.271. The first-order valence-corrected chi connectivity index (χ1v) is 6.83. The van der Waals surface area contributed by atoms with Crippen molar-refractivity contribution < 1.29 is 0 Å². The summed E-state index contributed by atoms with van der Waals surface area (Å²) in [5.41, 5.74) is 6.76. The van der Waals surface area contributed by atoms with Crippen LogP contribution in [0.5, 0.6) is 0 Å². The third kappa shape index (κ3) is 1.77. The van der Waals surface area contributed by atoms with Gasteiger partial charge >= 0.3 is 0 Å². The molecule has 1 heterocycles. The van der Waals surface area contributed by atoms with Crippen molar-refractivity contribution in [2.45, 2.75) is 31.3 Å². The lowest BCUT2D eigenvalue weighted by Gasteiger charge is -2.37. The lowest BCUT2D eigenvalue weighted by atomic mass is 9.91. The summed E-state index contributed by atoms with van der Waals surface area (Å²) in [6.07, 6.45) is 2.34. The first-order chi connectivity index (χ1) is 8.52. The Kier molecular flexibility index (Phi) is 2.72. The number of rotatable bonds is 2. The summed E-state index contributed by atoms with van der Waals surface area (Å²) in [5.74, 6) is 0.621. The third-order valence-corrected chi connectivity index (χ3v) is 4.31. The zero-order valence-corrected chi connectivity index (χ0v) is 11.7. The van der Waals surface area contributed by atoms with Gasteiger partial charge in [-0.05, 0) is 43.5 Å². The van der Waals surface area contributed by atoms with Gasteiger partial charge in [-0.1, -0.05) is 23.2 Å². The second-order valence-corrected chi connectivity index (χ2v) is 6.02. The Balaban J connectivity index is 2.06. The van der Waals surface area contributed by atoms with Gasteiger partial charge in [0.2, 0.25) is 0 Å². The minimum Gasteiger partial charge on any atom is -0.370 e. The smallest absolute Gasteiger partial charge is 0.192 e. The predicted octanol–water partition coefficient (Wildman–Crippen LogP) is 3.00. The van der Waals surface area contributed by atoms with Gasteiger partial charge in [-0.3, -0.25) is 4.99 Å². The maximum atomic E-state index is 6.33. The molecule has 0 bridgehead atoms. The van der Waals surface area contributed by atoms with Crippen LogP contribution in [0.3, 0.4) is 0 Å². The van der Waals surface area contributed by atoms with E-state index in [2.05, 4.69) is 16.8 Å². The van der Waals surface area contributed by atoms with Crippen molar-refractivity contribution in [2.75, 3.05) is 6.54 Å². The summed E-state index contributed by atoms with van der Waals surface area (Å²) in [6.45, 7) is 2.77. The van der Waals surface area contributed by atoms with Gasteiger partial charge in [0, 0.05) is 16.1 Å². The van der Waals surface area contributed by atoms with E-state index in [9.17, 15) is 0 Å². The van der Waals surface area contributed by atoms with Gasteiger partial charge in [-0.25, -0.2) is 0 Å². The molecule has 0 amide bonds. The molecule has 0 spiro atoms. The van der Waals surface area contributed by atoms with E-state index in [1.807, 2.05) is 12.1 Å². The third-order valence-electron chi connectivity index (χ3n) is 3.75. The van der Waals surface area contributed by atoms with Gasteiger partial charge in [0.25, 0.3) is 0 Å². The maximum Gasteiger partial charge on any atom is 0.192 e. The fourth-order valence-electron chi connectivity index (χ4n) is 2.69. The Labute approximate surface area is 117 Å². The van der Waals surface area contributed by atoms with E-state index < -0.39 is 0 Å². The van der Waals surface area contributed by atoms with Gasteiger partial charge in [0.1, 0.15) is 0 Å². The van der Waals surface area contributed by atoms with E-state index in [4.69, 9.17) is 28.9 Å². The van der Waals surface area contributed by atoms with Gasteiger partial charge in [0.15, 0.2) is 5.96 Å². The Bertz CT molecular complexity index is 525. The van der Waals surface area contributed by atoms with E-state index in [-0.39, 0.29) is 5.54 Å². The highest BCUT2D eigenvalue weighted by molar-refractivity contribution is 6.33. The van der Waals surface area contributed by atoms with E-state index in [0.29, 0.717) is 23.6 Å². The standard InChI is InChI=1S/C13H15Cl2N3/c1-13(10-6-8(14)2-5-11(10)15)7-17-12(16)18(13)9-3-4-9/h2,5-6,9H,3-4,7H2,1H3,(H2,16,17). The van der Waals surface area contributed by atoms with Crippen LogP contribution in [0.25, 0.3) is 0 Å². The van der Waals surface area contributed by atoms with Crippen molar-refractivity contribution in [1.82, 2.24) is 4.90 Å². The molecule has 5 heteroatoms. The summed E-state index contributed by atoms with van der Waals surface area (Å²) < 4.78 is 0. The van der Waals surface area contributed by atoms with Crippen LogP contribution in [0, 0.1) is 0 Å². The molecule has 1 aromatic rings. The molecule has 1 atom stereocenters. The molecule has 0 saturated heterocycles. The van der Waals surface area contributed by atoms with Gasteiger partial charge in [-0.15, -0.1) is 0 Å².